The Labute approximate surface area is 103 Å². The zero-order valence-electron chi connectivity index (χ0n) is 10.6. The fraction of sp³-hybridized carbons (Fsp3) is 0.250. The molecule has 0 N–H and O–H groups in total. The van der Waals surface area contributed by atoms with E-state index in [4.69, 9.17) is 4.74 Å². The monoisotopic (exact) mass is 226 g/mol. The van der Waals surface area contributed by atoms with Gasteiger partial charge < -0.3 is 4.74 Å². The number of fused-ring (bicyclic) bond motifs is 1. The molecular weight excluding hydrogens is 208 g/mol. The fourth-order valence-electron chi connectivity index (χ4n) is 2.08. The number of ether oxygens (including phenoxy) is 1. The first kappa shape index (κ1) is 11.7. The normalized spacial score (nSPS) is 11.5. The molecule has 2 aromatic carbocycles. The Morgan fingerprint density at radius 3 is 2.59 bits per heavy atom. The largest absolute Gasteiger partial charge is 0.504 e. The Morgan fingerprint density at radius 2 is 1.88 bits per heavy atom. The molecule has 0 spiro atoms. The van der Waals surface area contributed by atoms with Gasteiger partial charge in [0.2, 0.25) is 0 Å². The van der Waals surface area contributed by atoms with Crippen LogP contribution in [0.1, 0.15) is 30.9 Å². The highest BCUT2D eigenvalue weighted by molar-refractivity contribution is 5.88. The fourth-order valence-corrected chi connectivity index (χ4v) is 2.08. The zero-order valence-corrected chi connectivity index (χ0v) is 10.6. The molecule has 2 aromatic rings. The van der Waals surface area contributed by atoms with E-state index in [1.807, 2.05) is 6.08 Å². The summed E-state index contributed by atoms with van der Waals surface area (Å²) in [5, 5.41) is 2.63. The van der Waals surface area contributed by atoms with Crippen molar-refractivity contribution in [3.8, 4) is 0 Å². The highest BCUT2D eigenvalue weighted by Crippen LogP contribution is 2.27. The van der Waals surface area contributed by atoms with E-state index in [0.29, 0.717) is 5.92 Å². The van der Waals surface area contributed by atoms with E-state index in [0.717, 1.165) is 0 Å². The predicted molar refractivity (Wildman–Crippen MR) is 74.1 cm³/mol. The van der Waals surface area contributed by atoms with Crippen molar-refractivity contribution in [2.75, 3.05) is 7.11 Å². The lowest BCUT2D eigenvalue weighted by Crippen LogP contribution is -1.91. The van der Waals surface area contributed by atoms with Crippen molar-refractivity contribution in [1.29, 1.82) is 0 Å². The molecule has 0 fully saturated rings. The molecule has 0 amide bonds. The molecule has 0 heterocycles. The Hall–Kier alpha value is -1.76. The van der Waals surface area contributed by atoms with Crippen LogP contribution in [0.2, 0.25) is 0 Å². The molecule has 0 aliphatic carbocycles. The molecule has 88 valence electrons. The molecule has 1 nitrogen and oxygen atoms in total. The molecule has 1 heteroatoms. The van der Waals surface area contributed by atoms with E-state index in [2.05, 4.69) is 50.2 Å². The molecule has 17 heavy (non-hydrogen) atoms. The maximum atomic E-state index is 4.98. The quantitative estimate of drug-likeness (QED) is 0.696. The van der Waals surface area contributed by atoms with Crippen LogP contribution in [0.4, 0.5) is 0 Å². The predicted octanol–water partition coefficient (Wildman–Crippen LogP) is 4.58. The minimum atomic E-state index is 0.524. The van der Waals surface area contributed by atoms with Gasteiger partial charge >= 0.3 is 0 Å². The number of hydrogen-bond acceptors (Lipinski definition) is 1. The highest BCUT2D eigenvalue weighted by Gasteiger charge is 2.06. The maximum Gasteiger partial charge on any atom is 0.0830 e. The van der Waals surface area contributed by atoms with Gasteiger partial charge in [-0.2, -0.15) is 0 Å². The maximum absolute atomic E-state index is 4.98. The standard InChI is InChI=1S/C16H18O/c1-12(2)16-11-13(8-9-17-3)10-14-6-4-5-7-15(14)16/h4-12H,1-3H3/b9-8+. The summed E-state index contributed by atoms with van der Waals surface area (Å²) in [7, 11) is 1.67. The van der Waals surface area contributed by atoms with Crippen LogP contribution in [0, 0.1) is 0 Å². The smallest absolute Gasteiger partial charge is 0.0830 e. The van der Waals surface area contributed by atoms with Gasteiger partial charge in [-0.05, 0) is 40.0 Å². The van der Waals surface area contributed by atoms with Crippen molar-refractivity contribution in [2.24, 2.45) is 0 Å². The highest BCUT2D eigenvalue weighted by atomic mass is 16.5. The average Bonchev–Trinajstić information content (AvgIpc) is 2.35. The summed E-state index contributed by atoms with van der Waals surface area (Å²) in [6.07, 6.45) is 3.71. The van der Waals surface area contributed by atoms with E-state index in [-0.39, 0.29) is 0 Å². The molecule has 0 saturated heterocycles. The summed E-state index contributed by atoms with van der Waals surface area (Å²) in [6.45, 7) is 4.46. The molecule has 0 aliphatic rings. The Kier molecular flexibility index (Phi) is 3.48. The Morgan fingerprint density at radius 1 is 1.12 bits per heavy atom. The van der Waals surface area contributed by atoms with Crippen LogP contribution in [-0.4, -0.2) is 7.11 Å². The SMILES string of the molecule is CO/C=C/c1cc(C(C)C)c2ccccc2c1. The first-order valence-corrected chi connectivity index (χ1v) is 5.94. The van der Waals surface area contributed by atoms with Crippen LogP contribution in [0.5, 0.6) is 0 Å². The average molecular weight is 226 g/mol. The molecule has 0 aliphatic heterocycles. The van der Waals surface area contributed by atoms with Crippen LogP contribution in [0.25, 0.3) is 16.8 Å². The van der Waals surface area contributed by atoms with Crippen molar-refractivity contribution < 1.29 is 4.74 Å². The topological polar surface area (TPSA) is 9.23 Å². The third-order valence-electron chi connectivity index (χ3n) is 2.93. The van der Waals surface area contributed by atoms with E-state index >= 15 is 0 Å². The summed E-state index contributed by atoms with van der Waals surface area (Å²) in [5.41, 5.74) is 2.58. The molecule has 0 saturated carbocycles. The zero-order chi connectivity index (χ0) is 12.3. The van der Waals surface area contributed by atoms with E-state index in [1.54, 1.807) is 13.4 Å². The lowest BCUT2D eigenvalue weighted by Gasteiger charge is -2.11. The second-order valence-corrected chi connectivity index (χ2v) is 4.52. The lowest BCUT2D eigenvalue weighted by molar-refractivity contribution is 0.341. The molecule has 0 bridgehead atoms. The van der Waals surface area contributed by atoms with Gasteiger partial charge in [0.1, 0.15) is 0 Å². The number of methoxy groups -OCH3 is 1. The van der Waals surface area contributed by atoms with Crippen LogP contribution in [0.3, 0.4) is 0 Å². The van der Waals surface area contributed by atoms with Crippen LogP contribution < -0.4 is 0 Å². The summed E-state index contributed by atoms with van der Waals surface area (Å²) < 4.78 is 4.98. The van der Waals surface area contributed by atoms with Crippen LogP contribution >= 0.6 is 0 Å². The van der Waals surface area contributed by atoms with Gasteiger partial charge in [0.25, 0.3) is 0 Å². The Bertz CT molecular complexity index is 538. The minimum Gasteiger partial charge on any atom is -0.504 e. The third kappa shape index (κ3) is 2.50. The summed E-state index contributed by atoms with van der Waals surface area (Å²) in [6, 6.07) is 13.0. The van der Waals surface area contributed by atoms with Gasteiger partial charge in [0.05, 0.1) is 13.4 Å². The Balaban J connectivity index is 2.62. The number of rotatable bonds is 3. The van der Waals surface area contributed by atoms with Crippen molar-refractivity contribution in [2.45, 2.75) is 19.8 Å². The number of benzene rings is 2. The first-order valence-electron chi connectivity index (χ1n) is 5.94. The van der Waals surface area contributed by atoms with Crippen molar-refractivity contribution in [3.63, 3.8) is 0 Å². The molecular formula is C16H18O. The van der Waals surface area contributed by atoms with E-state index in [1.165, 1.54) is 21.9 Å². The van der Waals surface area contributed by atoms with Gasteiger partial charge in [0.15, 0.2) is 0 Å². The summed E-state index contributed by atoms with van der Waals surface area (Å²) >= 11 is 0. The van der Waals surface area contributed by atoms with Gasteiger partial charge in [-0.15, -0.1) is 0 Å². The van der Waals surface area contributed by atoms with Gasteiger partial charge in [0, 0.05) is 0 Å². The van der Waals surface area contributed by atoms with E-state index < -0.39 is 0 Å². The van der Waals surface area contributed by atoms with Gasteiger partial charge in [-0.25, -0.2) is 0 Å². The number of hydrogen-bond donors (Lipinski definition) is 0. The van der Waals surface area contributed by atoms with Crippen molar-refractivity contribution >= 4 is 16.8 Å². The minimum absolute atomic E-state index is 0.524. The van der Waals surface area contributed by atoms with Crippen LogP contribution in [0.15, 0.2) is 42.7 Å². The van der Waals surface area contributed by atoms with Gasteiger partial charge in [-0.1, -0.05) is 44.2 Å². The molecule has 0 unspecified atom stereocenters. The second kappa shape index (κ2) is 5.05. The van der Waals surface area contributed by atoms with Crippen LogP contribution in [-0.2, 0) is 4.74 Å². The molecule has 0 radical (unpaired) electrons. The summed E-state index contributed by atoms with van der Waals surface area (Å²) in [5.74, 6) is 0.524. The van der Waals surface area contributed by atoms with E-state index in [9.17, 15) is 0 Å². The molecule has 0 aromatic heterocycles. The van der Waals surface area contributed by atoms with Gasteiger partial charge in [-0.3, -0.25) is 0 Å². The molecule has 2 rings (SSSR count). The third-order valence-corrected chi connectivity index (χ3v) is 2.93. The second-order valence-electron chi connectivity index (χ2n) is 4.52. The molecule has 0 atom stereocenters. The summed E-state index contributed by atoms with van der Waals surface area (Å²) in [4.78, 5) is 0. The van der Waals surface area contributed by atoms with Crippen molar-refractivity contribution in [1.82, 2.24) is 0 Å². The van der Waals surface area contributed by atoms with Crippen molar-refractivity contribution in [3.05, 3.63) is 53.8 Å². The lowest BCUT2D eigenvalue weighted by atomic mass is 9.94. The first-order chi connectivity index (χ1) is 8.22.